The summed E-state index contributed by atoms with van der Waals surface area (Å²) < 4.78 is 1.02. The second kappa shape index (κ2) is 9.03. The average Bonchev–Trinajstić information content (AvgIpc) is 2.73. The number of rotatable bonds is 6. The minimum absolute atomic E-state index is 0.0157. The second-order valence-corrected chi connectivity index (χ2v) is 10.1. The molecule has 2 aliphatic rings. The highest BCUT2D eigenvalue weighted by Crippen LogP contribution is 2.45. The van der Waals surface area contributed by atoms with Crippen molar-refractivity contribution in [3.8, 4) is 0 Å². The number of carbonyl (C=O) groups is 3. The maximum Gasteiger partial charge on any atom is 0.353 e. The minimum atomic E-state index is -1.13. The molecule has 0 spiro atoms. The molecule has 0 saturated carbocycles. The second-order valence-electron chi connectivity index (χ2n) is 6.73. The Bertz CT molecular complexity index is 1040. The summed E-state index contributed by atoms with van der Waals surface area (Å²) >= 11 is 5.06. The lowest BCUT2D eigenvalue weighted by Crippen LogP contribution is -2.70. The first-order valence-electron chi connectivity index (χ1n) is 9.12. The molecule has 2 aromatic rings. The molecule has 2 heterocycles. The molecule has 0 aromatic heterocycles. The monoisotopic (exact) mass is 552 g/mol. The molecule has 0 radical (unpaired) electrons. The van der Waals surface area contributed by atoms with Gasteiger partial charge >= 0.3 is 5.97 Å². The lowest BCUT2D eigenvalue weighted by molar-refractivity contribution is -0.150. The molecule has 0 aliphatic carbocycles. The molecule has 0 unspecified atom stereocenters. The number of β-lactam (4-membered cyclic amide) rings is 1. The fraction of sp³-hybridized carbons (Fsp3) is 0.190. The SMILES string of the molecule is O=C(Cc1ccccc1)N[C@@H]1C(=O)N2C(C(=O)O)=C(Sc3ccccc3I)CS[C@@H]12. The van der Waals surface area contributed by atoms with Crippen LogP contribution in [-0.4, -0.2) is 45.0 Å². The molecule has 0 bridgehead atoms. The van der Waals surface area contributed by atoms with Crippen LogP contribution in [0, 0.1) is 3.57 Å². The van der Waals surface area contributed by atoms with Crippen molar-refractivity contribution >= 4 is 63.9 Å². The molecule has 6 nitrogen and oxygen atoms in total. The molecule has 2 aliphatic heterocycles. The Morgan fingerprint density at radius 3 is 2.57 bits per heavy atom. The van der Waals surface area contributed by atoms with Crippen LogP contribution in [0.4, 0.5) is 0 Å². The normalized spacial score (nSPS) is 20.4. The molecule has 154 valence electrons. The maximum atomic E-state index is 12.8. The van der Waals surface area contributed by atoms with Gasteiger partial charge in [0.2, 0.25) is 5.91 Å². The molecule has 1 fully saturated rings. The number of nitrogens with zero attached hydrogens (tertiary/aromatic N) is 1. The lowest BCUT2D eigenvalue weighted by Gasteiger charge is -2.49. The Morgan fingerprint density at radius 1 is 1.17 bits per heavy atom. The van der Waals surface area contributed by atoms with Crippen molar-refractivity contribution in [2.45, 2.75) is 22.7 Å². The van der Waals surface area contributed by atoms with Crippen molar-refractivity contribution in [3.05, 3.63) is 74.3 Å². The van der Waals surface area contributed by atoms with Gasteiger partial charge in [-0.3, -0.25) is 14.5 Å². The molecule has 1 saturated heterocycles. The first kappa shape index (κ1) is 21.3. The largest absolute Gasteiger partial charge is 0.477 e. The average molecular weight is 552 g/mol. The predicted octanol–water partition coefficient (Wildman–Crippen LogP) is 3.32. The van der Waals surface area contributed by atoms with E-state index < -0.39 is 17.4 Å². The van der Waals surface area contributed by atoms with Crippen LogP contribution in [0.2, 0.25) is 0 Å². The van der Waals surface area contributed by atoms with E-state index in [4.69, 9.17) is 0 Å². The molecule has 2 N–H and O–H groups in total. The van der Waals surface area contributed by atoms with E-state index in [0.717, 1.165) is 14.0 Å². The van der Waals surface area contributed by atoms with E-state index in [1.165, 1.54) is 28.4 Å². The van der Waals surface area contributed by atoms with Gasteiger partial charge in [-0.15, -0.1) is 11.8 Å². The lowest BCUT2D eigenvalue weighted by atomic mass is 10.0. The van der Waals surface area contributed by atoms with E-state index in [1.807, 2.05) is 54.6 Å². The van der Waals surface area contributed by atoms with Gasteiger partial charge in [-0.05, 0) is 40.3 Å². The number of benzene rings is 2. The van der Waals surface area contributed by atoms with Crippen LogP contribution >= 0.6 is 46.1 Å². The van der Waals surface area contributed by atoms with E-state index in [0.29, 0.717) is 10.7 Å². The van der Waals surface area contributed by atoms with Gasteiger partial charge < -0.3 is 10.4 Å². The molecule has 2 atom stereocenters. The van der Waals surface area contributed by atoms with E-state index in [9.17, 15) is 19.5 Å². The standard InChI is InChI=1S/C21H17IN2O4S2/c22-13-8-4-5-9-14(13)30-15-11-29-20-17(19(26)24(20)18(15)21(27)28)23-16(25)10-12-6-2-1-3-7-12/h1-9,17,20H,10-11H2,(H,23,25)(H,27,28)/t17-,20+/m1/s1. The molecule has 2 aromatic carbocycles. The molecular formula is C21H17IN2O4S2. The zero-order chi connectivity index (χ0) is 21.3. The van der Waals surface area contributed by atoms with E-state index >= 15 is 0 Å². The number of aliphatic carboxylic acids is 1. The van der Waals surface area contributed by atoms with Gasteiger partial charge in [0.25, 0.3) is 5.91 Å². The van der Waals surface area contributed by atoms with Crippen LogP contribution in [0.3, 0.4) is 0 Å². The van der Waals surface area contributed by atoms with Crippen molar-refractivity contribution in [2.24, 2.45) is 0 Å². The van der Waals surface area contributed by atoms with Crippen molar-refractivity contribution in [1.82, 2.24) is 10.2 Å². The van der Waals surface area contributed by atoms with E-state index in [-0.39, 0.29) is 23.9 Å². The van der Waals surface area contributed by atoms with Crippen LogP contribution in [0.25, 0.3) is 0 Å². The number of fused-ring (bicyclic) bond motifs is 1. The summed E-state index contributed by atoms with van der Waals surface area (Å²) in [6, 6.07) is 16.3. The van der Waals surface area contributed by atoms with Gasteiger partial charge in [-0.1, -0.05) is 54.2 Å². The highest BCUT2D eigenvalue weighted by atomic mass is 127. The number of carboxylic acid groups (broad SMARTS) is 1. The summed E-state index contributed by atoms with van der Waals surface area (Å²) in [6.07, 6.45) is 0.178. The van der Waals surface area contributed by atoms with Crippen LogP contribution in [-0.2, 0) is 20.8 Å². The number of amides is 2. The number of carbonyl (C=O) groups excluding carboxylic acids is 2. The van der Waals surface area contributed by atoms with Gasteiger partial charge in [-0.2, -0.15) is 0 Å². The zero-order valence-electron chi connectivity index (χ0n) is 15.6. The van der Waals surface area contributed by atoms with Crippen molar-refractivity contribution < 1.29 is 19.5 Å². The quantitative estimate of drug-likeness (QED) is 0.423. The molecule has 4 rings (SSSR count). The summed E-state index contributed by atoms with van der Waals surface area (Å²) in [6.45, 7) is 0. The smallest absolute Gasteiger partial charge is 0.353 e. The molecule has 30 heavy (non-hydrogen) atoms. The van der Waals surface area contributed by atoms with Crippen LogP contribution in [0.15, 0.2) is 70.1 Å². The third-order valence-electron chi connectivity index (χ3n) is 4.73. The van der Waals surface area contributed by atoms with Crippen LogP contribution in [0.1, 0.15) is 5.56 Å². The van der Waals surface area contributed by atoms with Crippen LogP contribution < -0.4 is 5.32 Å². The number of nitrogens with one attached hydrogen (secondary N) is 1. The van der Waals surface area contributed by atoms with Crippen molar-refractivity contribution in [3.63, 3.8) is 0 Å². The molecule has 2 amide bonds. The summed E-state index contributed by atoms with van der Waals surface area (Å²) in [7, 11) is 0. The first-order chi connectivity index (χ1) is 14.5. The number of carboxylic acids is 1. The summed E-state index contributed by atoms with van der Waals surface area (Å²) in [4.78, 5) is 40.0. The van der Waals surface area contributed by atoms with Gasteiger partial charge in [0.15, 0.2) is 0 Å². The Kier molecular flexibility index (Phi) is 6.40. The highest BCUT2D eigenvalue weighted by molar-refractivity contribution is 14.1. The predicted molar refractivity (Wildman–Crippen MR) is 125 cm³/mol. The highest BCUT2D eigenvalue weighted by Gasteiger charge is 2.54. The van der Waals surface area contributed by atoms with Crippen LogP contribution in [0.5, 0.6) is 0 Å². The van der Waals surface area contributed by atoms with Gasteiger partial charge in [-0.25, -0.2) is 4.79 Å². The topological polar surface area (TPSA) is 86.7 Å². The van der Waals surface area contributed by atoms with E-state index in [1.54, 1.807) is 0 Å². The summed E-state index contributed by atoms with van der Waals surface area (Å²) in [5.74, 6) is -1.29. The van der Waals surface area contributed by atoms with Gasteiger partial charge in [0.1, 0.15) is 17.1 Å². The number of hydrogen-bond donors (Lipinski definition) is 2. The fourth-order valence-corrected chi connectivity index (χ4v) is 6.55. The minimum Gasteiger partial charge on any atom is -0.477 e. The Labute approximate surface area is 195 Å². The van der Waals surface area contributed by atoms with E-state index in [2.05, 4.69) is 27.9 Å². The molecule has 9 heteroatoms. The third kappa shape index (κ3) is 4.23. The Hall–Kier alpha value is -1.98. The third-order valence-corrected chi connectivity index (χ3v) is 8.66. The van der Waals surface area contributed by atoms with Crippen molar-refractivity contribution in [2.75, 3.05) is 5.75 Å². The van der Waals surface area contributed by atoms with Gasteiger partial charge in [0, 0.05) is 19.1 Å². The van der Waals surface area contributed by atoms with Gasteiger partial charge in [0.05, 0.1) is 6.42 Å². The Balaban J connectivity index is 1.49. The fourth-order valence-electron chi connectivity index (χ4n) is 3.34. The first-order valence-corrected chi connectivity index (χ1v) is 12.1. The summed E-state index contributed by atoms with van der Waals surface area (Å²) in [5.41, 5.74) is 0.874. The molecular weight excluding hydrogens is 535 g/mol. The zero-order valence-corrected chi connectivity index (χ0v) is 19.4. The number of thioether (sulfide) groups is 2. The summed E-state index contributed by atoms with van der Waals surface area (Å²) in [5, 5.41) is 12.2. The number of hydrogen-bond acceptors (Lipinski definition) is 5. The Morgan fingerprint density at radius 2 is 1.87 bits per heavy atom. The maximum absolute atomic E-state index is 12.8. The number of halogens is 1. The van der Waals surface area contributed by atoms with Crippen molar-refractivity contribution in [1.29, 1.82) is 0 Å².